The summed E-state index contributed by atoms with van der Waals surface area (Å²) in [5, 5.41) is 1.19. The van der Waals surface area contributed by atoms with Crippen molar-refractivity contribution in [3.05, 3.63) is 65.1 Å². The predicted octanol–water partition coefficient (Wildman–Crippen LogP) is 5.59. The van der Waals surface area contributed by atoms with Crippen LogP contribution in [0.5, 0.6) is 5.75 Å². The number of para-hydroxylation sites is 1. The maximum Gasteiger partial charge on any atom is 0.138 e. The molecule has 0 fully saturated rings. The van der Waals surface area contributed by atoms with E-state index in [2.05, 4.69) is 18.4 Å². The van der Waals surface area contributed by atoms with E-state index < -0.39 is 0 Å². The van der Waals surface area contributed by atoms with Crippen LogP contribution in [0.1, 0.15) is 25.6 Å². The number of benzene rings is 2. The summed E-state index contributed by atoms with van der Waals surface area (Å²) in [5.74, 6) is 0.418. The molecule has 2 nitrogen and oxygen atoms in total. The zero-order valence-corrected chi connectivity index (χ0v) is 13.3. The second-order valence-electron chi connectivity index (χ2n) is 5.49. The summed E-state index contributed by atoms with van der Waals surface area (Å²) < 4.78 is 21.9. The van der Waals surface area contributed by atoms with Gasteiger partial charge in [0.1, 0.15) is 18.2 Å². The summed E-state index contributed by atoms with van der Waals surface area (Å²) in [6.07, 6.45) is 0. The summed E-state index contributed by atoms with van der Waals surface area (Å²) in [6, 6.07) is 14.5. The van der Waals surface area contributed by atoms with Crippen molar-refractivity contribution >= 4 is 22.5 Å². The minimum Gasteiger partial charge on any atom is -0.486 e. The Labute approximate surface area is 134 Å². The molecule has 114 valence electrons. The minimum atomic E-state index is -0.212. The lowest BCUT2D eigenvalue weighted by Gasteiger charge is -2.15. The van der Waals surface area contributed by atoms with E-state index >= 15 is 0 Å². The van der Waals surface area contributed by atoms with Gasteiger partial charge in [0.25, 0.3) is 0 Å². The highest BCUT2D eigenvalue weighted by molar-refractivity contribution is 6.32. The quantitative estimate of drug-likeness (QED) is 0.611. The summed E-state index contributed by atoms with van der Waals surface area (Å²) in [5.41, 5.74) is 1.81. The fourth-order valence-corrected chi connectivity index (χ4v) is 2.89. The van der Waals surface area contributed by atoms with Gasteiger partial charge in [0, 0.05) is 11.4 Å². The first-order valence-corrected chi connectivity index (χ1v) is 7.61. The average molecular weight is 318 g/mol. The zero-order chi connectivity index (χ0) is 15.7. The lowest BCUT2D eigenvalue weighted by atomic mass is 10.2. The molecule has 0 aliphatic rings. The van der Waals surface area contributed by atoms with Gasteiger partial charge in [-0.05, 0) is 44.2 Å². The van der Waals surface area contributed by atoms with Crippen LogP contribution in [0.15, 0.2) is 48.5 Å². The fraction of sp³-hybridized carbons (Fsp3) is 0.222. The Morgan fingerprint density at radius 3 is 2.64 bits per heavy atom. The van der Waals surface area contributed by atoms with Crippen LogP contribution in [0.3, 0.4) is 0 Å². The van der Waals surface area contributed by atoms with Gasteiger partial charge in [0.2, 0.25) is 0 Å². The Morgan fingerprint density at radius 1 is 1.14 bits per heavy atom. The molecule has 0 saturated carbocycles. The first-order valence-electron chi connectivity index (χ1n) is 7.23. The van der Waals surface area contributed by atoms with Crippen LogP contribution in [0, 0.1) is 5.82 Å². The molecule has 0 atom stereocenters. The van der Waals surface area contributed by atoms with Gasteiger partial charge in [-0.1, -0.05) is 29.8 Å². The molecule has 0 unspecified atom stereocenters. The molecule has 0 saturated heterocycles. The third-order valence-corrected chi connectivity index (χ3v) is 3.95. The molecule has 1 heterocycles. The number of aromatic nitrogens is 1. The predicted molar refractivity (Wildman–Crippen MR) is 88.1 cm³/mol. The normalized spacial score (nSPS) is 11.3. The average Bonchev–Trinajstić information content (AvgIpc) is 2.86. The molecule has 0 bridgehead atoms. The highest BCUT2D eigenvalue weighted by Gasteiger charge is 2.14. The first kappa shape index (κ1) is 14.9. The molecule has 0 aliphatic carbocycles. The van der Waals surface area contributed by atoms with E-state index in [9.17, 15) is 4.39 Å². The first-order chi connectivity index (χ1) is 10.6. The van der Waals surface area contributed by atoms with Crippen molar-refractivity contribution in [2.75, 3.05) is 0 Å². The van der Waals surface area contributed by atoms with E-state index in [1.165, 1.54) is 6.07 Å². The van der Waals surface area contributed by atoms with E-state index in [1.54, 1.807) is 12.1 Å². The van der Waals surface area contributed by atoms with Crippen LogP contribution in [0.2, 0.25) is 5.02 Å². The highest BCUT2D eigenvalue weighted by atomic mass is 35.5. The van der Waals surface area contributed by atoms with E-state index in [0.29, 0.717) is 22.8 Å². The van der Waals surface area contributed by atoms with Crippen molar-refractivity contribution in [2.45, 2.75) is 26.5 Å². The molecule has 1 aromatic heterocycles. The van der Waals surface area contributed by atoms with Gasteiger partial charge in [-0.2, -0.15) is 0 Å². The van der Waals surface area contributed by atoms with Gasteiger partial charge in [-0.25, -0.2) is 4.39 Å². The van der Waals surface area contributed by atoms with E-state index in [4.69, 9.17) is 16.3 Å². The fourth-order valence-electron chi connectivity index (χ4n) is 2.70. The molecule has 22 heavy (non-hydrogen) atoms. The standard InChI is InChI=1S/C18H17ClFNO/c1-12(2)21-13(10-14-16(20)7-5-8-17(14)21)11-22-18-9-4-3-6-15(18)19/h3-10,12H,11H2,1-2H3. The maximum absolute atomic E-state index is 14.0. The van der Waals surface area contributed by atoms with E-state index in [1.807, 2.05) is 30.3 Å². The third kappa shape index (κ3) is 2.69. The van der Waals surface area contributed by atoms with Crippen LogP contribution in [-0.2, 0) is 6.61 Å². The van der Waals surface area contributed by atoms with Gasteiger partial charge in [0.05, 0.1) is 16.2 Å². The van der Waals surface area contributed by atoms with Crippen LogP contribution >= 0.6 is 11.6 Å². The van der Waals surface area contributed by atoms with Gasteiger partial charge >= 0.3 is 0 Å². The van der Waals surface area contributed by atoms with Gasteiger partial charge < -0.3 is 9.30 Å². The molecule has 0 spiro atoms. The zero-order valence-electron chi connectivity index (χ0n) is 12.5. The molecule has 0 N–H and O–H groups in total. The molecular formula is C18H17ClFNO. The van der Waals surface area contributed by atoms with Gasteiger partial charge in [-0.15, -0.1) is 0 Å². The molecular weight excluding hydrogens is 301 g/mol. The van der Waals surface area contributed by atoms with Crippen molar-refractivity contribution in [3.8, 4) is 5.75 Å². The Kier molecular flexibility index (Phi) is 4.08. The topological polar surface area (TPSA) is 14.2 Å². The van der Waals surface area contributed by atoms with Crippen LogP contribution < -0.4 is 4.74 Å². The minimum absolute atomic E-state index is 0.212. The van der Waals surface area contributed by atoms with Gasteiger partial charge in [0.15, 0.2) is 0 Å². The number of nitrogens with zero attached hydrogens (tertiary/aromatic N) is 1. The molecule has 4 heteroatoms. The molecule has 0 amide bonds. The monoisotopic (exact) mass is 317 g/mol. The summed E-state index contributed by atoms with van der Waals surface area (Å²) in [4.78, 5) is 0. The van der Waals surface area contributed by atoms with Gasteiger partial charge in [-0.3, -0.25) is 0 Å². The second-order valence-corrected chi connectivity index (χ2v) is 5.90. The maximum atomic E-state index is 14.0. The van der Waals surface area contributed by atoms with E-state index in [-0.39, 0.29) is 11.9 Å². The lowest BCUT2D eigenvalue weighted by molar-refractivity contribution is 0.293. The van der Waals surface area contributed by atoms with Crippen molar-refractivity contribution < 1.29 is 9.13 Å². The van der Waals surface area contributed by atoms with Crippen LogP contribution in [-0.4, -0.2) is 4.57 Å². The Bertz CT molecular complexity index is 810. The van der Waals surface area contributed by atoms with Crippen molar-refractivity contribution in [3.63, 3.8) is 0 Å². The smallest absolute Gasteiger partial charge is 0.138 e. The summed E-state index contributed by atoms with van der Waals surface area (Å²) >= 11 is 6.10. The van der Waals surface area contributed by atoms with Crippen LogP contribution in [0.25, 0.3) is 10.9 Å². The number of hydrogen-bond acceptors (Lipinski definition) is 1. The molecule has 3 aromatic rings. The molecule has 2 aromatic carbocycles. The highest BCUT2D eigenvalue weighted by Crippen LogP contribution is 2.29. The third-order valence-electron chi connectivity index (χ3n) is 3.64. The number of fused-ring (bicyclic) bond motifs is 1. The van der Waals surface area contributed by atoms with Crippen LogP contribution in [0.4, 0.5) is 4.39 Å². The van der Waals surface area contributed by atoms with Crippen molar-refractivity contribution in [1.82, 2.24) is 4.57 Å². The Morgan fingerprint density at radius 2 is 1.91 bits per heavy atom. The van der Waals surface area contributed by atoms with Crippen molar-refractivity contribution in [2.24, 2.45) is 0 Å². The van der Waals surface area contributed by atoms with Crippen molar-refractivity contribution in [1.29, 1.82) is 0 Å². The summed E-state index contributed by atoms with van der Waals surface area (Å²) in [6.45, 7) is 4.49. The number of rotatable bonds is 4. The Balaban J connectivity index is 1.98. The molecule has 0 aliphatic heterocycles. The molecule has 3 rings (SSSR count). The second kappa shape index (κ2) is 6.01. The Hall–Kier alpha value is -2.00. The number of ether oxygens (including phenoxy) is 1. The summed E-state index contributed by atoms with van der Waals surface area (Å²) in [7, 11) is 0. The largest absolute Gasteiger partial charge is 0.486 e. The SMILES string of the molecule is CC(C)n1c(COc2ccccc2Cl)cc2c(F)cccc21. The van der Waals surface area contributed by atoms with E-state index in [0.717, 1.165) is 11.2 Å². The number of hydrogen-bond donors (Lipinski definition) is 0. The lowest BCUT2D eigenvalue weighted by Crippen LogP contribution is -2.08. The number of halogens is 2. The molecule has 0 radical (unpaired) electrons.